The van der Waals surface area contributed by atoms with Crippen LogP contribution in [0.2, 0.25) is 0 Å². The van der Waals surface area contributed by atoms with Crippen LogP contribution in [0, 0.1) is 0 Å². The lowest BCUT2D eigenvalue weighted by Gasteiger charge is -2.42. The fourth-order valence-corrected chi connectivity index (χ4v) is 6.81. The normalized spacial score (nSPS) is 22.1. The number of hydrogen-bond acceptors (Lipinski definition) is 12. The topological polar surface area (TPSA) is 230 Å². The van der Waals surface area contributed by atoms with Crippen molar-refractivity contribution in [2.24, 2.45) is 0 Å². The minimum Gasteiger partial charge on any atom is -0.481 e. The van der Waals surface area contributed by atoms with Crippen LogP contribution in [0.15, 0.2) is 0 Å². The molecule has 1 aliphatic rings. The molecule has 13 nitrogen and oxygen atoms in total. The van der Waals surface area contributed by atoms with Crippen LogP contribution in [0.25, 0.3) is 0 Å². The molecule has 0 aromatic carbocycles. The van der Waals surface area contributed by atoms with Gasteiger partial charge in [0.05, 0.1) is 19.3 Å². The Balaban J connectivity index is 0.00000152. The van der Waals surface area contributed by atoms with Crippen molar-refractivity contribution in [1.82, 2.24) is 5.32 Å². The Morgan fingerprint density at radius 3 is 1.42 bits per heavy atom. The highest BCUT2D eigenvalue weighted by atomic mass is 16.7. The molecule has 0 bridgehead atoms. The van der Waals surface area contributed by atoms with Gasteiger partial charge in [-0.2, -0.15) is 0 Å². The molecule has 1 fully saturated rings. The Labute approximate surface area is 333 Å². The van der Waals surface area contributed by atoms with E-state index in [0.29, 0.717) is 13.0 Å². The summed E-state index contributed by atoms with van der Waals surface area (Å²) in [5.41, 5.74) is 0. The van der Waals surface area contributed by atoms with E-state index in [2.05, 4.69) is 19.2 Å². The first kappa shape index (κ1) is 54.0. The fraction of sp³-hybridized carbons (Fsp3) is 0.976. The van der Waals surface area contributed by atoms with Crippen LogP contribution in [-0.2, 0) is 14.3 Å². The summed E-state index contributed by atoms with van der Waals surface area (Å²) in [6, 6.07) is 0. The minimum absolute atomic E-state index is 0.00625. The number of rotatable bonds is 36. The molecule has 55 heavy (non-hydrogen) atoms. The van der Waals surface area contributed by atoms with Crippen molar-refractivity contribution in [3.8, 4) is 0 Å². The molecule has 1 saturated heterocycles. The van der Waals surface area contributed by atoms with Gasteiger partial charge in [-0.15, -0.1) is 0 Å². The number of aliphatic carboxylic acids is 1. The van der Waals surface area contributed by atoms with Crippen molar-refractivity contribution >= 4 is 5.97 Å². The van der Waals surface area contributed by atoms with E-state index >= 15 is 0 Å². The van der Waals surface area contributed by atoms with Gasteiger partial charge in [0.25, 0.3) is 0 Å². The maximum absolute atomic E-state index is 10.6. The summed E-state index contributed by atoms with van der Waals surface area (Å²) in [6.07, 6.45) is 17.9. The molecule has 0 aromatic heterocycles. The summed E-state index contributed by atoms with van der Waals surface area (Å²) in [4.78, 5) is 10.3. The molecule has 9 atom stereocenters. The highest BCUT2D eigenvalue weighted by Gasteiger charge is 2.46. The number of carboxylic acid groups (broad SMARTS) is 1. The van der Waals surface area contributed by atoms with Gasteiger partial charge in [0.15, 0.2) is 6.29 Å². The Morgan fingerprint density at radius 1 is 0.600 bits per heavy atom. The molecule has 0 aromatic rings. The lowest BCUT2D eigenvalue weighted by molar-refractivity contribution is -0.327. The number of hydrogen-bond donors (Lipinski definition) is 10. The molecular weight excluding hydrogens is 710 g/mol. The zero-order valence-corrected chi connectivity index (χ0v) is 34.7. The van der Waals surface area contributed by atoms with Crippen LogP contribution in [0.5, 0.6) is 0 Å². The number of aliphatic hydroxyl groups is 8. The van der Waals surface area contributed by atoms with Gasteiger partial charge >= 0.3 is 5.97 Å². The predicted molar refractivity (Wildman–Crippen MR) is 216 cm³/mol. The maximum Gasteiger partial charge on any atom is 0.303 e. The second-order valence-electron chi connectivity index (χ2n) is 15.6. The van der Waals surface area contributed by atoms with Gasteiger partial charge in [0.1, 0.15) is 42.7 Å². The quantitative estimate of drug-likeness (QED) is 0.0373. The largest absolute Gasteiger partial charge is 0.481 e. The van der Waals surface area contributed by atoms with Gasteiger partial charge in [-0.05, 0) is 19.4 Å². The molecule has 1 rings (SSSR count). The molecule has 0 aliphatic carbocycles. The third-order valence-electron chi connectivity index (χ3n) is 10.5. The van der Waals surface area contributed by atoms with Crippen molar-refractivity contribution in [3.05, 3.63) is 0 Å². The summed E-state index contributed by atoms with van der Waals surface area (Å²) >= 11 is 0. The Bertz CT molecular complexity index is 840. The highest BCUT2D eigenvalue weighted by Crippen LogP contribution is 2.25. The van der Waals surface area contributed by atoms with Gasteiger partial charge in [-0.1, -0.05) is 162 Å². The van der Waals surface area contributed by atoms with E-state index in [-0.39, 0.29) is 6.54 Å². The summed E-state index contributed by atoms with van der Waals surface area (Å²) in [7, 11) is 0. The Kier molecular flexibility index (Phi) is 36.7. The lowest BCUT2D eigenvalue weighted by atomic mass is 9.98. The molecule has 0 radical (unpaired) electrons. The average Bonchev–Trinajstić information content (AvgIpc) is 3.18. The number of ether oxygens (including phenoxy) is 2. The molecule has 1 aliphatic heterocycles. The second-order valence-corrected chi connectivity index (χ2v) is 15.6. The molecule has 330 valence electrons. The van der Waals surface area contributed by atoms with E-state index in [1.807, 2.05) is 0 Å². The molecular formula is C42H85NO12. The average molecular weight is 796 g/mol. The number of aliphatic hydroxyl groups excluding tert-OH is 8. The van der Waals surface area contributed by atoms with E-state index in [9.17, 15) is 45.6 Å². The van der Waals surface area contributed by atoms with Gasteiger partial charge in [-0.25, -0.2) is 0 Å². The number of carbonyl (C=O) groups is 1. The lowest BCUT2D eigenvalue weighted by Crippen LogP contribution is -2.61. The predicted octanol–water partition coefficient (Wildman–Crippen LogP) is 5.09. The monoisotopic (exact) mass is 796 g/mol. The van der Waals surface area contributed by atoms with Crippen molar-refractivity contribution in [3.63, 3.8) is 0 Å². The van der Waals surface area contributed by atoms with Crippen LogP contribution in [0.4, 0.5) is 0 Å². The van der Waals surface area contributed by atoms with Crippen molar-refractivity contribution in [2.45, 2.75) is 236 Å². The van der Waals surface area contributed by atoms with Gasteiger partial charge in [-0.3, -0.25) is 4.79 Å². The SMILES string of the molecule is CCCCCCCCCCCCCC(=O)O.CCCCCCCCCCCCCCCCNCC(O)C(O)C(OC1OC(CO)C(O)C(O)C1O)C(O)CO. The number of nitrogens with one attached hydrogen (secondary N) is 1. The number of unbranched alkanes of at least 4 members (excludes halogenated alkanes) is 23. The van der Waals surface area contributed by atoms with Crippen LogP contribution >= 0.6 is 0 Å². The summed E-state index contributed by atoms with van der Waals surface area (Å²) in [5, 5.41) is 91.3. The third kappa shape index (κ3) is 28.2. The minimum atomic E-state index is -1.75. The molecule has 1 heterocycles. The van der Waals surface area contributed by atoms with Crippen molar-refractivity contribution in [1.29, 1.82) is 0 Å². The van der Waals surface area contributed by atoms with E-state index in [4.69, 9.17) is 14.6 Å². The standard InChI is InChI=1S/C28H57NO10.C14H28O2/c1-2-3-4-5-6-7-8-9-10-11-12-13-14-15-16-29-17-20(32)23(34)27(21(33)18-30)39-28-26(37)25(36)24(35)22(19-31)38-28;1-2-3-4-5-6-7-8-9-10-11-12-13-14(15)16/h20-37H,2-19H2,1H3;2-13H2,1H3,(H,15,16). The van der Waals surface area contributed by atoms with E-state index in [1.54, 1.807) is 0 Å². The zero-order valence-electron chi connectivity index (χ0n) is 34.7. The summed E-state index contributed by atoms with van der Waals surface area (Å²) in [5.74, 6) is -0.657. The summed E-state index contributed by atoms with van der Waals surface area (Å²) in [6.45, 7) is 3.66. The van der Waals surface area contributed by atoms with E-state index in [0.717, 1.165) is 32.1 Å². The van der Waals surface area contributed by atoms with Crippen LogP contribution < -0.4 is 5.32 Å². The van der Waals surface area contributed by atoms with Crippen molar-refractivity contribution in [2.75, 3.05) is 26.3 Å². The van der Waals surface area contributed by atoms with Crippen LogP contribution in [0.1, 0.15) is 181 Å². The van der Waals surface area contributed by atoms with Crippen molar-refractivity contribution < 1.29 is 60.2 Å². The fourth-order valence-electron chi connectivity index (χ4n) is 6.81. The molecule has 9 unspecified atom stereocenters. The van der Waals surface area contributed by atoms with E-state index in [1.165, 1.54) is 128 Å². The first-order chi connectivity index (χ1) is 26.5. The Morgan fingerprint density at radius 2 is 1.02 bits per heavy atom. The first-order valence-electron chi connectivity index (χ1n) is 22.1. The molecule has 0 spiro atoms. The molecule has 0 saturated carbocycles. The Hall–Kier alpha value is -0.970. The molecule has 0 amide bonds. The highest BCUT2D eigenvalue weighted by molar-refractivity contribution is 5.66. The van der Waals surface area contributed by atoms with Gasteiger partial charge in [0.2, 0.25) is 0 Å². The first-order valence-corrected chi connectivity index (χ1v) is 22.1. The van der Waals surface area contributed by atoms with E-state index < -0.39 is 74.3 Å². The van der Waals surface area contributed by atoms with Gasteiger partial charge in [0, 0.05) is 13.0 Å². The molecule has 10 N–H and O–H groups in total. The van der Waals surface area contributed by atoms with Gasteiger partial charge < -0.3 is 60.7 Å². The van der Waals surface area contributed by atoms with Crippen LogP contribution in [-0.4, -0.2) is 133 Å². The third-order valence-corrected chi connectivity index (χ3v) is 10.5. The zero-order chi connectivity index (χ0) is 41.1. The smallest absolute Gasteiger partial charge is 0.303 e. The van der Waals surface area contributed by atoms with Crippen LogP contribution in [0.3, 0.4) is 0 Å². The second kappa shape index (κ2) is 37.3. The number of carboxylic acids is 1. The molecule has 13 heteroatoms. The maximum atomic E-state index is 10.6. The summed E-state index contributed by atoms with van der Waals surface area (Å²) < 4.78 is 10.7.